The summed E-state index contributed by atoms with van der Waals surface area (Å²) in [5, 5.41) is 13.3. The highest BCUT2D eigenvalue weighted by Crippen LogP contribution is 2.17. The van der Waals surface area contributed by atoms with Crippen molar-refractivity contribution in [2.24, 2.45) is 0 Å². The molecule has 1 N–H and O–H groups in total. The Labute approximate surface area is 101 Å². The summed E-state index contributed by atoms with van der Waals surface area (Å²) in [6.45, 7) is 1.15. The van der Waals surface area contributed by atoms with Crippen LogP contribution in [0.1, 0.15) is 23.0 Å². The zero-order valence-electron chi connectivity index (χ0n) is 9.52. The van der Waals surface area contributed by atoms with Gasteiger partial charge in [0.1, 0.15) is 5.69 Å². The van der Waals surface area contributed by atoms with Crippen LogP contribution in [0.5, 0.6) is 5.88 Å². The molecule has 0 aliphatic rings. The summed E-state index contributed by atoms with van der Waals surface area (Å²) in [4.78, 5) is 11.1. The van der Waals surface area contributed by atoms with E-state index < -0.39 is 11.6 Å². The zero-order chi connectivity index (χ0) is 13.3. The van der Waals surface area contributed by atoms with Crippen molar-refractivity contribution in [1.82, 2.24) is 9.78 Å². The van der Waals surface area contributed by atoms with Crippen molar-refractivity contribution >= 4 is 5.78 Å². The van der Waals surface area contributed by atoms with Crippen LogP contribution in [-0.2, 0) is 6.54 Å². The lowest BCUT2D eigenvalue weighted by Crippen LogP contribution is -2.06. The van der Waals surface area contributed by atoms with Crippen LogP contribution in [0, 0.1) is 11.6 Å². The minimum Gasteiger partial charge on any atom is -0.493 e. The number of carbonyl (C=O) groups excluding carboxylic acids is 1. The second kappa shape index (κ2) is 4.56. The number of hydrogen-bond acceptors (Lipinski definition) is 3. The normalized spacial score (nSPS) is 10.6. The monoisotopic (exact) mass is 252 g/mol. The standard InChI is InChI=1S/C12H10F2N2O2/c1-7(17)10-5-11(18)16(15-10)6-8-3-2-4-9(13)12(8)14/h2-5,18H,6H2,1H3. The Kier molecular flexibility index (Phi) is 3.10. The summed E-state index contributed by atoms with van der Waals surface area (Å²) in [5.41, 5.74) is 0.118. The molecule has 2 rings (SSSR count). The third kappa shape index (κ3) is 2.22. The SMILES string of the molecule is CC(=O)c1cc(O)n(Cc2cccc(F)c2F)n1. The molecule has 0 amide bonds. The average molecular weight is 252 g/mol. The summed E-state index contributed by atoms with van der Waals surface area (Å²) in [6.07, 6.45) is 0. The van der Waals surface area contributed by atoms with Crippen molar-refractivity contribution in [2.45, 2.75) is 13.5 Å². The Hall–Kier alpha value is -2.24. The van der Waals surface area contributed by atoms with Crippen LogP contribution in [0.25, 0.3) is 0 Å². The van der Waals surface area contributed by atoms with Crippen LogP contribution < -0.4 is 0 Å². The van der Waals surface area contributed by atoms with E-state index in [-0.39, 0.29) is 29.5 Å². The van der Waals surface area contributed by atoms with Crippen molar-refractivity contribution < 1.29 is 18.7 Å². The van der Waals surface area contributed by atoms with Crippen molar-refractivity contribution in [3.05, 3.63) is 47.2 Å². The van der Waals surface area contributed by atoms with E-state index in [0.717, 1.165) is 10.7 Å². The van der Waals surface area contributed by atoms with Crippen LogP contribution in [0.15, 0.2) is 24.3 Å². The number of Topliss-reactive ketones (excluding diaryl/α,β-unsaturated/α-hetero) is 1. The minimum absolute atomic E-state index is 0.0449. The van der Waals surface area contributed by atoms with Gasteiger partial charge in [0.05, 0.1) is 6.54 Å². The van der Waals surface area contributed by atoms with Gasteiger partial charge in [-0.15, -0.1) is 0 Å². The molecule has 2 aromatic rings. The Balaban J connectivity index is 2.34. The number of hydrogen-bond donors (Lipinski definition) is 1. The summed E-state index contributed by atoms with van der Waals surface area (Å²) >= 11 is 0. The first kappa shape index (κ1) is 12.2. The second-order valence-electron chi connectivity index (χ2n) is 3.81. The Morgan fingerprint density at radius 2 is 2.17 bits per heavy atom. The summed E-state index contributed by atoms with van der Waals surface area (Å²) in [5.74, 6) is -2.55. The lowest BCUT2D eigenvalue weighted by Gasteiger charge is -2.05. The first-order valence-corrected chi connectivity index (χ1v) is 5.19. The maximum absolute atomic E-state index is 13.4. The molecule has 1 aromatic heterocycles. The van der Waals surface area contributed by atoms with Gasteiger partial charge in [-0.2, -0.15) is 5.10 Å². The summed E-state index contributed by atoms with van der Waals surface area (Å²) < 4.78 is 27.5. The Morgan fingerprint density at radius 3 is 2.78 bits per heavy atom. The predicted molar refractivity (Wildman–Crippen MR) is 59.4 cm³/mol. The molecular weight excluding hydrogens is 242 g/mol. The molecule has 0 spiro atoms. The molecule has 0 fully saturated rings. The number of aromatic nitrogens is 2. The smallest absolute Gasteiger partial charge is 0.210 e. The first-order valence-electron chi connectivity index (χ1n) is 5.19. The second-order valence-corrected chi connectivity index (χ2v) is 3.81. The van der Waals surface area contributed by atoms with Crippen LogP contribution in [0.4, 0.5) is 8.78 Å². The van der Waals surface area contributed by atoms with Crippen molar-refractivity contribution in [3.8, 4) is 5.88 Å². The number of ketones is 1. The predicted octanol–water partition coefficient (Wildman–Crippen LogP) is 2.12. The lowest BCUT2D eigenvalue weighted by molar-refractivity contribution is 0.101. The molecule has 18 heavy (non-hydrogen) atoms. The van der Waals surface area contributed by atoms with Gasteiger partial charge in [0.2, 0.25) is 5.88 Å². The molecule has 94 valence electrons. The van der Waals surface area contributed by atoms with Gasteiger partial charge in [0.15, 0.2) is 17.4 Å². The van der Waals surface area contributed by atoms with E-state index in [1.807, 2.05) is 0 Å². The molecule has 0 aliphatic heterocycles. The van der Waals surface area contributed by atoms with Crippen molar-refractivity contribution in [2.75, 3.05) is 0 Å². The van der Waals surface area contributed by atoms with E-state index >= 15 is 0 Å². The first-order chi connectivity index (χ1) is 8.49. The van der Waals surface area contributed by atoms with Gasteiger partial charge in [-0.05, 0) is 6.07 Å². The summed E-state index contributed by atoms with van der Waals surface area (Å²) in [7, 11) is 0. The van der Waals surface area contributed by atoms with Crippen molar-refractivity contribution in [3.63, 3.8) is 0 Å². The maximum Gasteiger partial charge on any atom is 0.210 e. The molecule has 0 bridgehead atoms. The van der Waals surface area contributed by atoms with Gasteiger partial charge in [0, 0.05) is 18.6 Å². The van der Waals surface area contributed by atoms with E-state index in [1.165, 1.54) is 25.1 Å². The van der Waals surface area contributed by atoms with Crippen LogP contribution in [-0.4, -0.2) is 20.7 Å². The molecule has 6 heteroatoms. The van der Waals surface area contributed by atoms with Gasteiger partial charge in [-0.1, -0.05) is 12.1 Å². The van der Waals surface area contributed by atoms with Gasteiger partial charge in [0.25, 0.3) is 0 Å². The average Bonchev–Trinajstić information content (AvgIpc) is 2.67. The third-order valence-electron chi connectivity index (χ3n) is 2.47. The molecule has 0 atom stereocenters. The largest absolute Gasteiger partial charge is 0.493 e. The maximum atomic E-state index is 13.4. The molecule has 4 nitrogen and oxygen atoms in total. The topological polar surface area (TPSA) is 55.1 Å². The fourth-order valence-electron chi connectivity index (χ4n) is 1.53. The van der Waals surface area contributed by atoms with E-state index in [0.29, 0.717) is 0 Å². The molecule has 1 heterocycles. The van der Waals surface area contributed by atoms with Gasteiger partial charge < -0.3 is 5.11 Å². The Morgan fingerprint density at radius 1 is 1.44 bits per heavy atom. The molecular formula is C12H10F2N2O2. The van der Waals surface area contributed by atoms with Gasteiger partial charge in [-0.3, -0.25) is 4.79 Å². The van der Waals surface area contributed by atoms with Gasteiger partial charge >= 0.3 is 0 Å². The van der Waals surface area contributed by atoms with Crippen LogP contribution >= 0.6 is 0 Å². The highest BCUT2D eigenvalue weighted by Gasteiger charge is 2.13. The zero-order valence-corrected chi connectivity index (χ0v) is 9.52. The number of rotatable bonds is 3. The summed E-state index contributed by atoms with van der Waals surface area (Å²) in [6, 6.07) is 4.93. The number of carbonyl (C=O) groups is 1. The molecule has 0 saturated carbocycles. The third-order valence-corrected chi connectivity index (χ3v) is 2.47. The fourth-order valence-corrected chi connectivity index (χ4v) is 1.53. The molecule has 0 saturated heterocycles. The van der Waals surface area contributed by atoms with E-state index in [4.69, 9.17) is 0 Å². The lowest BCUT2D eigenvalue weighted by atomic mass is 10.2. The van der Waals surface area contributed by atoms with Gasteiger partial charge in [-0.25, -0.2) is 13.5 Å². The highest BCUT2D eigenvalue weighted by molar-refractivity contribution is 5.92. The molecule has 0 aliphatic carbocycles. The van der Waals surface area contributed by atoms with Crippen LogP contribution in [0.2, 0.25) is 0 Å². The molecule has 0 unspecified atom stereocenters. The van der Waals surface area contributed by atoms with Crippen LogP contribution in [0.3, 0.4) is 0 Å². The highest BCUT2D eigenvalue weighted by atomic mass is 19.2. The van der Waals surface area contributed by atoms with E-state index in [2.05, 4.69) is 5.10 Å². The number of halogens is 2. The van der Waals surface area contributed by atoms with Crippen molar-refractivity contribution in [1.29, 1.82) is 0 Å². The molecule has 1 aromatic carbocycles. The number of aromatic hydroxyl groups is 1. The minimum atomic E-state index is -0.989. The number of nitrogens with zero attached hydrogens (tertiary/aromatic N) is 2. The Bertz CT molecular complexity index is 608. The number of benzene rings is 1. The quantitative estimate of drug-likeness (QED) is 0.851. The van der Waals surface area contributed by atoms with E-state index in [9.17, 15) is 18.7 Å². The van der Waals surface area contributed by atoms with E-state index in [1.54, 1.807) is 0 Å². The fraction of sp³-hybridized carbons (Fsp3) is 0.167. The molecule has 0 radical (unpaired) electrons.